The molecule has 46 heavy (non-hydrogen) atoms. The van der Waals surface area contributed by atoms with Gasteiger partial charge in [0.15, 0.2) is 0 Å². The number of carbonyl (C=O) groups is 2. The van der Waals surface area contributed by atoms with Crippen molar-refractivity contribution in [2.45, 2.75) is 82.3 Å². The molecule has 1 amide bonds. The predicted molar refractivity (Wildman–Crippen MR) is 184 cm³/mol. The first kappa shape index (κ1) is 34.1. The van der Waals surface area contributed by atoms with E-state index in [4.69, 9.17) is 21.1 Å². The van der Waals surface area contributed by atoms with Gasteiger partial charge in [0.25, 0.3) is 0 Å². The lowest BCUT2D eigenvalue weighted by atomic mass is 9.70. The van der Waals surface area contributed by atoms with E-state index in [9.17, 15) is 14.7 Å². The Balaban J connectivity index is 1.49. The van der Waals surface area contributed by atoms with Gasteiger partial charge in [0.1, 0.15) is 5.75 Å². The van der Waals surface area contributed by atoms with Crippen molar-refractivity contribution in [1.29, 1.82) is 0 Å². The summed E-state index contributed by atoms with van der Waals surface area (Å²) in [6, 6.07) is 12.1. The number of methoxy groups -OCH3 is 1. The summed E-state index contributed by atoms with van der Waals surface area (Å²) in [4.78, 5) is 31.3. The van der Waals surface area contributed by atoms with Crippen LogP contribution in [-0.2, 0) is 32.6 Å². The molecule has 0 aromatic heterocycles. The summed E-state index contributed by atoms with van der Waals surface area (Å²) in [5, 5.41) is 11.4. The molecule has 3 aliphatic rings. The maximum absolute atomic E-state index is 13.6. The molecule has 2 aliphatic heterocycles. The number of carbonyl (C=O) groups excluding carboxylic acids is 2. The van der Waals surface area contributed by atoms with E-state index in [2.05, 4.69) is 30.2 Å². The van der Waals surface area contributed by atoms with Crippen molar-refractivity contribution < 1.29 is 24.2 Å². The van der Waals surface area contributed by atoms with Crippen molar-refractivity contribution in [3.63, 3.8) is 0 Å². The van der Waals surface area contributed by atoms with Crippen molar-refractivity contribution in [2.75, 3.05) is 38.3 Å². The van der Waals surface area contributed by atoms with Crippen LogP contribution < -0.4 is 9.64 Å². The Morgan fingerprint density at radius 3 is 2.61 bits per heavy atom. The van der Waals surface area contributed by atoms with Crippen LogP contribution in [0, 0.1) is 11.8 Å². The predicted octanol–water partition coefficient (Wildman–Crippen LogP) is 6.68. The second kappa shape index (κ2) is 15.1. The van der Waals surface area contributed by atoms with Gasteiger partial charge in [0.05, 0.1) is 30.9 Å². The summed E-state index contributed by atoms with van der Waals surface area (Å²) in [6.07, 6.45) is 10.3. The second-order valence-electron chi connectivity index (χ2n) is 13.4. The number of anilines is 1. The van der Waals surface area contributed by atoms with Crippen molar-refractivity contribution in [2.24, 2.45) is 11.8 Å². The third-order valence-electron chi connectivity index (χ3n) is 10.5. The van der Waals surface area contributed by atoms with E-state index in [0.717, 1.165) is 86.5 Å². The number of benzene rings is 2. The molecular weight excluding hydrogens is 600 g/mol. The lowest BCUT2D eigenvalue weighted by Crippen LogP contribution is -2.53. The molecule has 0 spiro atoms. The number of rotatable bonds is 10. The highest BCUT2D eigenvalue weighted by Crippen LogP contribution is 2.42. The quantitative estimate of drug-likeness (QED) is 0.229. The fraction of sp³-hybridized carbons (Fsp3) is 0.526. The van der Waals surface area contributed by atoms with Gasteiger partial charge in [-0.25, -0.2) is 0 Å². The molecule has 8 heteroatoms. The normalized spacial score (nSPS) is 23.3. The molecule has 1 aliphatic carbocycles. The number of ether oxygens (including phenoxy) is 2. The first-order valence-corrected chi connectivity index (χ1v) is 17.1. The van der Waals surface area contributed by atoms with E-state index in [0.29, 0.717) is 19.1 Å². The van der Waals surface area contributed by atoms with Crippen LogP contribution in [0.1, 0.15) is 68.6 Å². The molecular formula is C38H49ClN2O5. The summed E-state index contributed by atoms with van der Waals surface area (Å²) >= 11 is 6.36. The number of nitrogens with zero attached hydrogens (tertiary/aromatic N) is 2. The van der Waals surface area contributed by atoms with Crippen molar-refractivity contribution in [3.8, 4) is 5.75 Å². The molecule has 2 fully saturated rings. The fourth-order valence-corrected chi connectivity index (χ4v) is 7.55. The number of aliphatic hydroxyl groups is 1. The molecule has 0 radical (unpaired) electrons. The van der Waals surface area contributed by atoms with E-state index in [1.165, 1.54) is 18.2 Å². The standard InChI is InChI=1S/C38H49ClN2O5/c1-5-9-31-17-20-41(31)36(43)24-38(3,37(44)45-4)29-13-16-35-33(23-29)40(25-28-12-15-32(28)34(42)6-2)19-8-7-10-27-22-30(39)14-11-26(27)18-21-46-35/h5-6,11,13-14,16,22-23,28,31-32,34,42H,1-2,7-10,12,15,17-21,24-25H2,3-4H3/t28-,31-,32+,34-,38?/m0/s1. The number of aliphatic hydroxyl groups excluding tert-OH is 1. The Bertz CT molecular complexity index is 1430. The average Bonchev–Trinajstić information content (AvgIpc) is 3.01. The van der Waals surface area contributed by atoms with Gasteiger partial charge in [-0.05, 0) is 105 Å². The Hall–Kier alpha value is -3.29. The molecule has 1 N–H and O–H groups in total. The molecule has 1 saturated heterocycles. The number of aryl methyl sites for hydroxylation is 1. The molecule has 5 atom stereocenters. The molecule has 0 bridgehead atoms. The number of hydrogen-bond donors (Lipinski definition) is 1. The van der Waals surface area contributed by atoms with E-state index in [-0.39, 0.29) is 24.3 Å². The number of amides is 1. The average molecular weight is 649 g/mol. The number of fused-ring (bicyclic) bond motifs is 2. The van der Waals surface area contributed by atoms with Gasteiger partial charge in [0, 0.05) is 43.5 Å². The number of esters is 1. The topological polar surface area (TPSA) is 79.3 Å². The highest BCUT2D eigenvalue weighted by Gasteiger charge is 2.43. The smallest absolute Gasteiger partial charge is 0.316 e. The molecule has 248 valence electrons. The first-order valence-electron chi connectivity index (χ1n) is 16.8. The van der Waals surface area contributed by atoms with E-state index in [1.54, 1.807) is 6.08 Å². The third-order valence-corrected chi connectivity index (χ3v) is 10.7. The fourth-order valence-electron chi connectivity index (χ4n) is 7.36. The number of hydrogen-bond acceptors (Lipinski definition) is 6. The van der Waals surface area contributed by atoms with Crippen LogP contribution in [0.15, 0.2) is 61.7 Å². The van der Waals surface area contributed by atoms with Gasteiger partial charge >= 0.3 is 5.97 Å². The van der Waals surface area contributed by atoms with Crippen LogP contribution in [0.5, 0.6) is 5.75 Å². The van der Waals surface area contributed by atoms with E-state index >= 15 is 0 Å². The Morgan fingerprint density at radius 1 is 1.11 bits per heavy atom. The van der Waals surface area contributed by atoms with Gasteiger partial charge in [0.2, 0.25) is 5.91 Å². The highest BCUT2D eigenvalue weighted by molar-refractivity contribution is 6.30. The van der Waals surface area contributed by atoms with Crippen molar-refractivity contribution >= 4 is 29.2 Å². The highest BCUT2D eigenvalue weighted by atomic mass is 35.5. The largest absolute Gasteiger partial charge is 0.491 e. The second-order valence-corrected chi connectivity index (χ2v) is 13.8. The zero-order chi connectivity index (χ0) is 32.8. The summed E-state index contributed by atoms with van der Waals surface area (Å²) in [5.74, 6) is 0.719. The van der Waals surface area contributed by atoms with Gasteiger partial charge in [-0.2, -0.15) is 0 Å². The minimum absolute atomic E-state index is 0.0164. The SMILES string of the molecule is C=CC[C@H]1CCN1C(=O)CC(C)(C(=O)OC)c1ccc2c(c1)N(C[C@@H]1CC[C@H]1[C@@H](O)C=C)CCCCc1cc(Cl)ccc1CCO2. The molecule has 2 aromatic rings. The summed E-state index contributed by atoms with van der Waals surface area (Å²) in [6.45, 7) is 12.2. The molecule has 7 nitrogen and oxygen atoms in total. The van der Waals surface area contributed by atoms with Crippen LogP contribution in [-0.4, -0.2) is 67.4 Å². The molecule has 1 saturated carbocycles. The molecule has 5 rings (SSSR count). The summed E-state index contributed by atoms with van der Waals surface area (Å²) < 4.78 is 11.8. The minimum Gasteiger partial charge on any atom is -0.491 e. The number of halogens is 1. The van der Waals surface area contributed by atoms with Gasteiger partial charge in [-0.15, -0.1) is 13.2 Å². The van der Waals surface area contributed by atoms with Crippen molar-refractivity contribution in [1.82, 2.24) is 4.90 Å². The Kier molecular flexibility index (Phi) is 11.2. The zero-order valence-electron chi connectivity index (χ0n) is 27.4. The lowest BCUT2D eigenvalue weighted by molar-refractivity contribution is -0.152. The third kappa shape index (κ3) is 7.31. The van der Waals surface area contributed by atoms with Gasteiger partial charge in [-0.3, -0.25) is 9.59 Å². The van der Waals surface area contributed by atoms with Crippen LogP contribution in [0.4, 0.5) is 5.69 Å². The molecule has 1 unspecified atom stereocenters. The van der Waals surface area contributed by atoms with E-state index < -0.39 is 17.5 Å². The van der Waals surface area contributed by atoms with Gasteiger partial charge in [-0.1, -0.05) is 35.9 Å². The monoisotopic (exact) mass is 648 g/mol. The van der Waals surface area contributed by atoms with Crippen LogP contribution >= 0.6 is 11.6 Å². The molecule has 2 heterocycles. The van der Waals surface area contributed by atoms with E-state index in [1.807, 2.05) is 42.2 Å². The maximum atomic E-state index is 13.6. The number of likely N-dealkylation sites (tertiary alicyclic amines) is 1. The first-order chi connectivity index (χ1) is 22.2. The van der Waals surface area contributed by atoms with Crippen LogP contribution in [0.3, 0.4) is 0 Å². The summed E-state index contributed by atoms with van der Waals surface area (Å²) in [7, 11) is 1.38. The minimum atomic E-state index is -1.18. The lowest BCUT2D eigenvalue weighted by Gasteiger charge is -2.43. The van der Waals surface area contributed by atoms with Crippen LogP contribution in [0.2, 0.25) is 5.02 Å². The van der Waals surface area contributed by atoms with Crippen molar-refractivity contribution in [3.05, 3.63) is 83.4 Å². The zero-order valence-corrected chi connectivity index (χ0v) is 28.1. The van der Waals surface area contributed by atoms with Crippen LogP contribution in [0.25, 0.3) is 0 Å². The van der Waals surface area contributed by atoms with Gasteiger partial charge < -0.3 is 24.4 Å². The summed E-state index contributed by atoms with van der Waals surface area (Å²) in [5.41, 5.74) is 2.96. The molecule has 2 aromatic carbocycles. The Morgan fingerprint density at radius 2 is 1.93 bits per heavy atom. The Labute approximate surface area is 279 Å². The maximum Gasteiger partial charge on any atom is 0.316 e.